The molecule has 0 aliphatic carbocycles. The molecule has 8 heteroatoms. The van der Waals surface area contributed by atoms with Crippen LogP contribution in [-0.4, -0.2) is 79.3 Å². The number of thiophene rings is 1. The minimum Gasteiger partial charge on any atom is -0.351 e. The van der Waals surface area contributed by atoms with E-state index in [9.17, 15) is 9.59 Å². The lowest BCUT2D eigenvalue weighted by Crippen LogP contribution is -2.53. The second-order valence-corrected chi connectivity index (χ2v) is 6.89. The predicted molar refractivity (Wildman–Crippen MR) is 96.0 cm³/mol. The average Bonchev–Trinajstić information content (AvgIpc) is 3.08. The van der Waals surface area contributed by atoms with Gasteiger partial charge in [-0.15, -0.1) is 11.3 Å². The number of guanidine groups is 1. The summed E-state index contributed by atoms with van der Waals surface area (Å²) in [7, 11) is 3.45. The maximum absolute atomic E-state index is 11.8. The normalized spacial score (nSPS) is 15.4. The Bertz CT molecular complexity index is 577. The van der Waals surface area contributed by atoms with Crippen molar-refractivity contribution in [1.82, 2.24) is 20.0 Å². The van der Waals surface area contributed by atoms with E-state index in [1.165, 1.54) is 9.78 Å². The van der Waals surface area contributed by atoms with Gasteiger partial charge in [0, 0.05) is 52.1 Å². The highest BCUT2D eigenvalue weighted by molar-refractivity contribution is 7.09. The van der Waals surface area contributed by atoms with Crippen LogP contribution in [0, 0.1) is 0 Å². The first kappa shape index (κ1) is 18.3. The molecule has 1 fully saturated rings. The van der Waals surface area contributed by atoms with E-state index >= 15 is 0 Å². The van der Waals surface area contributed by atoms with Crippen molar-refractivity contribution in [3.05, 3.63) is 22.4 Å². The van der Waals surface area contributed by atoms with Crippen LogP contribution in [0.15, 0.2) is 22.5 Å². The van der Waals surface area contributed by atoms with Gasteiger partial charge in [-0.05, 0) is 11.4 Å². The summed E-state index contributed by atoms with van der Waals surface area (Å²) in [6.45, 7) is 5.17. The van der Waals surface area contributed by atoms with Crippen molar-refractivity contribution >= 4 is 29.1 Å². The van der Waals surface area contributed by atoms with E-state index in [2.05, 4.69) is 21.3 Å². The summed E-state index contributed by atoms with van der Waals surface area (Å²) in [5.41, 5.74) is 0. The van der Waals surface area contributed by atoms with Crippen LogP contribution in [0.2, 0.25) is 0 Å². The Morgan fingerprint density at radius 1 is 1.25 bits per heavy atom. The molecule has 1 aromatic heterocycles. The molecule has 1 aromatic rings. The smallest absolute Gasteiger partial charge is 0.243 e. The lowest BCUT2D eigenvalue weighted by molar-refractivity contribution is -0.130. The van der Waals surface area contributed by atoms with Crippen LogP contribution >= 0.6 is 11.3 Å². The van der Waals surface area contributed by atoms with Crippen LogP contribution in [0.4, 0.5) is 0 Å². The zero-order valence-corrected chi connectivity index (χ0v) is 15.3. The Balaban J connectivity index is 2.00. The van der Waals surface area contributed by atoms with Gasteiger partial charge in [0.25, 0.3) is 0 Å². The first-order valence-corrected chi connectivity index (χ1v) is 8.86. The van der Waals surface area contributed by atoms with Gasteiger partial charge in [0.05, 0.1) is 6.54 Å². The summed E-state index contributed by atoms with van der Waals surface area (Å²) in [6, 6.07) is 4.08. The molecule has 1 aliphatic heterocycles. The monoisotopic (exact) mass is 351 g/mol. The van der Waals surface area contributed by atoms with E-state index < -0.39 is 0 Å². The van der Waals surface area contributed by atoms with E-state index in [4.69, 9.17) is 0 Å². The minimum atomic E-state index is -0.0344. The van der Waals surface area contributed by atoms with Crippen LogP contribution in [-0.2, 0) is 16.1 Å². The van der Waals surface area contributed by atoms with Gasteiger partial charge in [0.1, 0.15) is 6.54 Å². The summed E-state index contributed by atoms with van der Waals surface area (Å²) < 4.78 is 0. The van der Waals surface area contributed by atoms with Crippen molar-refractivity contribution in [2.75, 3.05) is 46.8 Å². The molecule has 0 unspecified atom stereocenters. The number of carbonyl (C=O) groups excluding carboxylic acids is 2. The number of carbonyl (C=O) groups is 2. The Hall–Kier alpha value is -2.09. The highest BCUT2D eigenvalue weighted by atomic mass is 32.1. The molecule has 0 saturated carbocycles. The largest absolute Gasteiger partial charge is 0.351 e. The van der Waals surface area contributed by atoms with Crippen molar-refractivity contribution in [3.8, 4) is 0 Å². The molecule has 1 aliphatic rings. The number of piperazine rings is 1. The Morgan fingerprint density at radius 2 is 1.92 bits per heavy atom. The van der Waals surface area contributed by atoms with Crippen LogP contribution in [0.5, 0.6) is 0 Å². The molecule has 2 heterocycles. The third-order valence-corrected chi connectivity index (χ3v) is 4.76. The zero-order valence-electron chi connectivity index (χ0n) is 14.5. The molecule has 132 valence electrons. The van der Waals surface area contributed by atoms with Crippen molar-refractivity contribution in [3.63, 3.8) is 0 Å². The first-order chi connectivity index (χ1) is 11.5. The van der Waals surface area contributed by atoms with Gasteiger partial charge in [-0.3, -0.25) is 9.59 Å². The SMILES string of the molecule is CC(=O)N1CCN(C(=NCC(=O)N(C)C)NCc2cccs2)CC1. The van der Waals surface area contributed by atoms with Gasteiger partial charge in [-0.1, -0.05) is 6.07 Å². The molecular weight excluding hydrogens is 326 g/mol. The highest BCUT2D eigenvalue weighted by Crippen LogP contribution is 2.09. The first-order valence-electron chi connectivity index (χ1n) is 7.98. The maximum Gasteiger partial charge on any atom is 0.243 e. The summed E-state index contributed by atoms with van der Waals surface area (Å²) in [5.74, 6) is 0.789. The fourth-order valence-electron chi connectivity index (χ4n) is 2.36. The summed E-state index contributed by atoms with van der Waals surface area (Å²) in [5, 5.41) is 5.38. The van der Waals surface area contributed by atoms with Gasteiger partial charge >= 0.3 is 0 Å². The molecule has 7 nitrogen and oxygen atoms in total. The molecule has 0 bridgehead atoms. The number of amides is 2. The van der Waals surface area contributed by atoms with E-state index in [1.807, 2.05) is 16.3 Å². The van der Waals surface area contributed by atoms with Crippen LogP contribution in [0.1, 0.15) is 11.8 Å². The van der Waals surface area contributed by atoms with E-state index in [1.54, 1.807) is 32.4 Å². The number of hydrogen-bond donors (Lipinski definition) is 1. The topological polar surface area (TPSA) is 68.2 Å². The standard InChI is InChI=1S/C16H25N5O2S/c1-13(22)20-6-8-21(9-7-20)16(18-12-15(23)19(2)3)17-11-14-5-4-10-24-14/h4-5,10H,6-9,11-12H2,1-3H3,(H,17,18). The summed E-state index contributed by atoms with van der Waals surface area (Å²) >= 11 is 1.68. The molecule has 2 rings (SSSR count). The molecule has 1 saturated heterocycles. The van der Waals surface area contributed by atoms with Gasteiger partial charge < -0.3 is 20.0 Å². The number of nitrogens with zero attached hydrogens (tertiary/aromatic N) is 4. The lowest BCUT2D eigenvalue weighted by atomic mass is 10.3. The van der Waals surface area contributed by atoms with Gasteiger partial charge in [-0.2, -0.15) is 0 Å². The van der Waals surface area contributed by atoms with E-state index in [0.29, 0.717) is 32.7 Å². The molecule has 0 aromatic carbocycles. The molecular formula is C16H25N5O2S. The van der Waals surface area contributed by atoms with E-state index in [0.717, 1.165) is 5.96 Å². The Kier molecular flexibility index (Phi) is 6.60. The summed E-state index contributed by atoms with van der Waals surface area (Å²) in [6.07, 6.45) is 0. The maximum atomic E-state index is 11.8. The Morgan fingerprint density at radius 3 is 2.46 bits per heavy atom. The molecule has 1 N–H and O–H groups in total. The van der Waals surface area contributed by atoms with Crippen molar-refractivity contribution in [1.29, 1.82) is 0 Å². The van der Waals surface area contributed by atoms with Crippen LogP contribution in [0.25, 0.3) is 0 Å². The van der Waals surface area contributed by atoms with Gasteiger partial charge in [-0.25, -0.2) is 4.99 Å². The van der Waals surface area contributed by atoms with Crippen molar-refractivity contribution in [2.24, 2.45) is 4.99 Å². The number of likely N-dealkylation sites (N-methyl/N-ethyl adjacent to an activating group) is 1. The third kappa shape index (κ3) is 5.23. The fourth-order valence-corrected chi connectivity index (χ4v) is 3.01. The number of rotatable bonds is 4. The van der Waals surface area contributed by atoms with Crippen LogP contribution in [0.3, 0.4) is 0 Å². The molecule has 0 spiro atoms. The number of hydrogen-bond acceptors (Lipinski definition) is 4. The molecule has 0 atom stereocenters. The number of nitrogens with one attached hydrogen (secondary N) is 1. The molecule has 24 heavy (non-hydrogen) atoms. The van der Waals surface area contributed by atoms with E-state index in [-0.39, 0.29) is 18.4 Å². The second kappa shape index (κ2) is 8.68. The minimum absolute atomic E-state index is 0.0344. The highest BCUT2D eigenvalue weighted by Gasteiger charge is 2.21. The lowest BCUT2D eigenvalue weighted by Gasteiger charge is -2.36. The van der Waals surface area contributed by atoms with Crippen molar-refractivity contribution < 1.29 is 9.59 Å². The van der Waals surface area contributed by atoms with Gasteiger partial charge in [0.2, 0.25) is 11.8 Å². The Labute approximate surface area is 146 Å². The molecule has 0 radical (unpaired) electrons. The number of aliphatic imine (C=N–C) groups is 1. The predicted octanol–water partition coefficient (Wildman–Crippen LogP) is 0.446. The molecule has 2 amide bonds. The zero-order chi connectivity index (χ0) is 17.5. The fraction of sp³-hybridized carbons (Fsp3) is 0.562. The quantitative estimate of drug-likeness (QED) is 0.632. The van der Waals surface area contributed by atoms with Crippen LogP contribution < -0.4 is 5.32 Å². The second-order valence-electron chi connectivity index (χ2n) is 5.85. The van der Waals surface area contributed by atoms with Crippen molar-refractivity contribution in [2.45, 2.75) is 13.5 Å². The third-order valence-electron chi connectivity index (χ3n) is 3.89. The summed E-state index contributed by atoms with van der Waals surface area (Å²) in [4.78, 5) is 34.5. The average molecular weight is 351 g/mol. The van der Waals surface area contributed by atoms with Gasteiger partial charge in [0.15, 0.2) is 5.96 Å².